The molecule has 0 radical (unpaired) electrons. The fourth-order valence-corrected chi connectivity index (χ4v) is 28.9. The summed E-state index contributed by atoms with van der Waals surface area (Å²) in [4.78, 5) is 45.3. The van der Waals surface area contributed by atoms with Crippen LogP contribution < -0.4 is 31.1 Å². The lowest BCUT2D eigenvalue weighted by Crippen LogP contribution is -2.50. The highest BCUT2D eigenvalue weighted by Gasteiger charge is 2.42. The molecule has 3 aliphatic rings. The van der Waals surface area contributed by atoms with Crippen LogP contribution in [0.5, 0.6) is 0 Å². The Hall–Kier alpha value is -15.6. The van der Waals surface area contributed by atoms with Crippen molar-refractivity contribution < 1.29 is 0 Å². The second kappa shape index (κ2) is 32.8. The van der Waals surface area contributed by atoms with Crippen LogP contribution in [0.15, 0.2) is 419 Å². The summed E-state index contributed by atoms with van der Waals surface area (Å²) in [5, 5.41) is 16.2. The molecule has 12 heteroatoms. The van der Waals surface area contributed by atoms with Crippen LogP contribution in [-0.2, 0) is 0 Å². The zero-order valence-electron chi connectivity index (χ0n) is 72.4. The van der Waals surface area contributed by atoms with Gasteiger partial charge in [-0.2, -0.15) is 0 Å². The fraction of sp³-hybridized carbons (Fsp3) is 0.0513. The Kier molecular flexibility index (Phi) is 20.1. The van der Waals surface area contributed by atoms with Crippen molar-refractivity contribution in [2.75, 3.05) is 0 Å². The van der Waals surface area contributed by atoms with Crippen molar-refractivity contribution in [1.82, 2.24) is 44.9 Å². The van der Waals surface area contributed by atoms with Gasteiger partial charge in [-0.3, -0.25) is 0 Å². The molecule has 3 aromatic heterocycles. The van der Waals surface area contributed by atoms with Crippen molar-refractivity contribution in [1.29, 1.82) is 0 Å². The number of rotatable bonds is 12. The Morgan fingerprint density at radius 1 is 0.132 bits per heavy atom. The normalized spacial score (nSPS) is 13.1. The van der Waals surface area contributed by atoms with Crippen LogP contribution in [0.2, 0.25) is 39.3 Å². The van der Waals surface area contributed by atoms with Crippen LogP contribution in [0.25, 0.3) is 202 Å². The molecule has 6 heterocycles. The number of benzene rings is 18. The summed E-state index contributed by atoms with van der Waals surface area (Å²) in [6.07, 6.45) is 0. The molecule has 0 bridgehead atoms. The Morgan fingerprint density at radius 2 is 0.380 bits per heavy atom. The zero-order chi connectivity index (χ0) is 86.9. The molecule has 0 fully saturated rings. The molecule has 0 aliphatic carbocycles. The fourth-order valence-electron chi connectivity index (χ4n) is 19.3. The van der Waals surface area contributed by atoms with E-state index in [1.165, 1.54) is 119 Å². The largest absolute Gasteiger partial charge is 0.208 e. The Morgan fingerprint density at radius 3 is 0.783 bits per heavy atom. The molecular weight excluding hydrogens is 1620 g/mol. The van der Waals surface area contributed by atoms with Gasteiger partial charge in [-0.25, -0.2) is 44.9 Å². The molecule has 129 heavy (non-hydrogen) atoms. The lowest BCUT2D eigenvalue weighted by Gasteiger charge is -2.21. The van der Waals surface area contributed by atoms with E-state index in [-0.39, 0.29) is 0 Å². The van der Waals surface area contributed by atoms with Gasteiger partial charge in [0.25, 0.3) is 0 Å². The third kappa shape index (κ3) is 14.9. The van der Waals surface area contributed by atoms with E-state index in [1.54, 1.807) is 0 Å². The highest BCUT2D eigenvalue weighted by molar-refractivity contribution is 7.05. The van der Waals surface area contributed by atoms with E-state index < -0.39 is 24.2 Å². The number of fused-ring (bicyclic) bond motifs is 12. The summed E-state index contributed by atoms with van der Waals surface area (Å²) in [6.45, 7) is 14.6. The van der Waals surface area contributed by atoms with Gasteiger partial charge in [-0.1, -0.05) is 434 Å². The zero-order valence-corrected chi connectivity index (χ0v) is 75.4. The lowest BCUT2D eigenvalue weighted by molar-refractivity contribution is 1.07. The number of aromatic nitrogens is 9. The summed E-state index contributed by atoms with van der Waals surface area (Å²) < 4.78 is 0. The highest BCUT2D eigenvalue weighted by atomic mass is 28.3. The summed E-state index contributed by atoms with van der Waals surface area (Å²) >= 11 is 0. The number of hydrogen-bond acceptors (Lipinski definition) is 9. The minimum absolute atomic E-state index is 0.671. The third-order valence-corrected chi connectivity index (χ3v) is 36.9. The highest BCUT2D eigenvalue weighted by Crippen LogP contribution is 2.40. The smallest absolute Gasteiger partial charge is 0.164 e. The van der Waals surface area contributed by atoms with Crippen LogP contribution in [0, 0.1) is 0 Å². The first-order valence-corrected chi connectivity index (χ1v) is 53.1. The topological polar surface area (TPSA) is 116 Å². The van der Waals surface area contributed by atoms with Gasteiger partial charge in [0, 0.05) is 50.1 Å². The monoisotopic (exact) mass is 1700 g/mol. The first-order chi connectivity index (χ1) is 63.1. The second-order valence-corrected chi connectivity index (χ2v) is 48.1. The molecule has 0 spiro atoms. The predicted molar refractivity (Wildman–Crippen MR) is 544 cm³/mol. The summed E-state index contributed by atoms with van der Waals surface area (Å²) in [5.41, 5.74) is 24.1. The average Bonchev–Trinajstić information content (AvgIpc) is 1.58. The van der Waals surface area contributed by atoms with Crippen molar-refractivity contribution in [3.8, 4) is 169 Å². The second-order valence-electron chi connectivity index (χ2n) is 35.2. The molecule has 24 rings (SSSR count). The number of hydrogen-bond donors (Lipinski definition) is 0. The molecule has 3 aliphatic heterocycles. The lowest BCUT2D eigenvalue weighted by atomic mass is 10.00. The van der Waals surface area contributed by atoms with Crippen LogP contribution in [0.3, 0.4) is 0 Å². The van der Waals surface area contributed by atoms with Crippen molar-refractivity contribution >= 4 is 87.7 Å². The first kappa shape index (κ1) is 79.3. The van der Waals surface area contributed by atoms with Crippen molar-refractivity contribution in [2.45, 2.75) is 39.3 Å². The van der Waals surface area contributed by atoms with Gasteiger partial charge in [0.1, 0.15) is 24.2 Å². The minimum atomic E-state index is -1.97. The van der Waals surface area contributed by atoms with Crippen LogP contribution in [-0.4, -0.2) is 69.1 Å². The van der Waals surface area contributed by atoms with Crippen LogP contribution >= 0.6 is 0 Å². The quantitative estimate of drug-likeness (QED) is 0.110. The van der Waals surface area contributed by atoms with E-state index in [1.807, 2.05) is 54.6 Å². The molecule has 0 amide bonds. The van der Waals surface area contributed by atoms with E-state index in [0.29, 0.717) is 46.6 Å². The molecule has 0 saturated heterocycles. The third-order valence-electron chi connectivity index (χ3n) is 26.2. The Labute approximate surface area is 754 Å². The molecule has 0 N–H and O–H groups in total. The predicted octanol–water partition coefficient (Wildman–Crippen LogP) is 25.5. The van der Waals surface area contributed by atoms with E-state index in [2.05, 4.69) is 403 Å². The van der Waals surface area contributed by atoms with Crippen molar-refractivity contribution in [3.05, 3.63) is 419 Å². The maximum Gasteiger partial charge on any atom is 0.164 e. The first-order valence-electron chi connectivity index (χ1n) is 44.1. The van der Waals surface area contributed by atoms with E-state index in [4.69, 9.17) is 44.9 Å². The average molecular weight is 1700 g/mol. The molecule has 18 aromatic carbocycles. The van der Waals surface area contributed by atoms with E-state index in [9.17, 15) is 0 Å². The molecule has 21 aromatic rings. The maximum absolute atomic E-state index is 5.15. The SMILES string of the molecule is C[Si]1(C)c2ccccc2-c2cc(-c3nc(-c4ccccc4)nc(-c4ccc(-c5ccc6ccccc6c5)cc4)n3)ccc21.C[Si]1(C)c2ccccc2-c2ccc(-c3nc(-c4ccccc4)nc(-c4ccc(-c5ccc6ccccc6c5)cc4)n3)cc21.C[Si]1(C)c2ccccc2-c2cccc(-c3nc(-c4ccccc4)nc(-c4ccc(-c5ccc6ccccc6c5)cc4)n3)c21. The molecule has 612 valence electrons. The van der Waals surface area contributed by atoms with Gasteiger partial charge in [0.15, 0.2) is 52.4 Å². The van der Waals surface area contributed by atoms with Crippen LogP contribution in [0.4, 0.5) is 0 Å². The minimum Gasteiger partial charge on any atom is -0.208 e. The van der Waals surface area contributed by atoms with Crippen molar-refractivity contribution in [2.24, 2.45) is 0 Å². The summed E-state index contributed by atoms with van der Waals surface area (Å²) in [7, 11) is -5.53. The Bertz CT molecular complexity index is 7930. The maximum atomic E-state index is 5.15. The molecule has 0 unspecified atom stereocenters. The molecule has 0 atom stereocenters. The molecular formula is C117H87N9Si3. The van der Waals surface area contributed by atoms with Gasteiger partial charge in [-0.15, -0.1) is 0 Å². The standard InChI is InChI=1S/3C39H29N3Si/c1-43(2)35-18-9-8-15-32(35)33-16-10-17-34(36(33)43)39-41-37(28-12-4-3-5-13-28)40-38(42-39)29-22-19-27(20-23-29)31-24-21-26-11-6-7-14-30(26)25-31;1-43(2)35-15-9-8-14-33(35)34-25-32(22-23-36(34)43)39-41-37(28-11-4-3-5-12-28)40-38(42-39)29-19-16-27(17-20-29)31-21-18-26-10-6-7-13-30(26)24-31;1-43(2)35-15-9-8-14-33(35)34-23-22-32(25-36(34)43)39-41-37(28-11-4-3-5-12-28)40-38(42-39)29-19-16-27(17-20-29)31-21-18-26-10-6-7-13-30(26)24-31/h3*3-25H,1-2H3. The van der Waals surface area contributed by atoms with E-state index in [0.717, 1.165) is 67.0 Å². The van der Waals surface area contributed by atoms with Gasteiger partial charge in [-0.05, 0) is 154 Å². The number of nitrogens with zero attached hydrogens (tertiary/aromatic N) is 9. The summed E-state index contributed by atoms with van der Waals surface area (Å²) in [5.74, 6) is 6.19. The molecule has 0 saturated carbocycles. The van der Waals surface area contributed by atoms with Gasteiger partial charge < -0.3 is 0 Å². The van der Waals surface area contributed by atoms with Crippen LogP contribution in [0.1, 0.15) is 0 Å². The van der Waals surface area contributed by atoms with Crippen molar-refractivity contribution in [3.63, 3.8) is 0 Å². The van der Waals surface area contributed by atoms with Gasteiger partial charge in [0.05, 0.1) is 0 Å². The van der Waals surface area contributed by atoms with Gasteiger partial charge >= 0.3 is 0 Å². The molecule has 9 nitrogen and oxygen atoms in total. The summed E-state index contributed by atoms with van der Waals surface area (Å²) in [6, 6.07) is 148. The van der Waals surface area contributed by atoms with Gasteiger partial charge in [0.2, 0.25) is 0 Å². The Balaban J connectivity index is 0.000000114. The van der Waals surface area contributed by atoms with E-state index >= 15 is 0 Å².